The van der Waals surface area contributed by atoms with Crippen molar-refractivity contribution in [2.75, 3.05) is 6.61 Å². The molecule has 0 rings (SSSR count). The standard InChI is InChI=1S/C9H17NO2/c1-9(2,3)7(8(10)12)5-4-6-11/h5,11H,4,6H2,1-3H3,(H2,10,12)/b7-5+. The average Bonchev–Trinajstić information content (AvgIpc) is 1.84. The Labute approximate surface area is 73.3 Å². The zero-order valence-electron chi connectivity index (χ0n) is 7.92. The molecule has 12 heavy (non-hydrogen) atoms. The summed E-state index contributed by atoms with van der Waals surface area (Å²) in [5.74, 6) is -0.407. The Kier molecular flexibility index (Phi) is 3.96. The monoisotopic (exact) mass is 171 g/mol. The number of primary amides is 1. The maximum absolute atomic E-state index is 10.9. The molecule has 0 aliphatic rings. The number of aliphatic hydroxyl groups is 1. The number of hydrogen-bond acceptors (Lipinski definition) is 2. The van der Waals surface area contributed by atoms with E-state index in [1.54, 1.807) is 6.08 Å². The lowest BCUT2D eigenvalue weighted by Gasteiger charge is -2.20. The van der Waals surface area contributed by atoms with Crippen molar-refractivity contribution in [2.24, 2.45) is 11.1 Å². The van der Waals surface area contributed by atoms with E-state index in [9.17, 15) is 4.79 Å². The van der Waals surface area contributed by atoms with Gasteiger partial charge in [0.15, 0.2) is 0 Å². The molecule has 0 aliphatic carbocycles. The number of carbonyl (C=O) groups is 1. The summed E-state index contributed by atoms with van der Waals surface area (Å²) in [7, 11) is 0. The van der Waals surface area contributed by atoms with E-state index in [2.05, 4.69) is 0 Å². The van der Waals surface area contributed by atoms with Crippen LogP contribution in [0, 0.1) is 5.41 Å². The maximum Gasteiger partial charge on any atom is 0.244 e. The molecule has 0 unspecified atom stereocenters. The molecule has 0 aromatic heterocycles. The van der Waals surface area contributed by atoms with Crippen LogP contribution >= 0.6 is 0 Å². The van der Waals surface area contributed by atoms with Crippen molar-refractivity contribution in [3.63, 3.8) is 0 Å². The highest BCUT2D eigenvalue weighted by Crippen LogP contribution is 2.24. The number of hydrogen-bond donors (Lipinski definition) is 2. The van der Waals surface area contributed by atoms with E-state index in [4.69, 9.17) is 10.8 Å². The van der Waals surface area contributed by atoms with Gasteiger partial charge in [0, 0.05) is 12.2 Å². The summed E-state index contributed by atoms with van der Waals surface area (Å²) in [6, 6.07) is 0. The number of rotatable bonds is 3. The molecule has 3 N–H and O–H groups in total. The van der Waals surface area contributed by atoms with Gasteiger partial charge in [-0.25, -0.2) is 0 Å². The van der Waals surface area contributed by atoms with E-state index in [0.717, 1.165) is 0 Å². The lowest BCUT2D eigenvalue weighted by molar-refractivity contribution is -0.115. The van der Waals surface area contributed by atoms with Gasteiger partial charge in [-0.15, -0.1) is 0 Å². The minimum absolute atomic E-state index is 0.0485. The Morgan fingerprint density at radius 2 is 2.00 bits per heavy atom. The topological polar surface area (TPSA) is 63.3 Å². The van der Waals surface area contributed by atoms with Crippen molar-refractivity contribution in [1.29, 1.82) is 0 Å². The van der Waals surface area contributed by atoms with Gasteiger partial charge in [0.05, 0.1) is 0 Å². The second kappa shape index (κ2) is 4.26. The van der Waals surface area contributed by atoms with Crippen LogP contribution in [0.25, 0.3) is 0 Å². The number of nitrogens with two attached hydrogens (primary N) is 1. The first kappa shape index (κ1) is 11.2. The normalized spacial score (nSPS) is 13.2. The first-order valence-electron chi connectivity index (χ1n) is 4.01. The molecule has 3 nitrogen and oxygen atoms in total. The Morgan fingerprint density at radius 3 is 2.25 bits per heavy atom. The highest BCUT2D eigenvalue weighted by atomic mass is 16.2. The molecule has 0 atom stereocenters. The molecule has 0 saturated carbocycles. The fourth-order valence-corrected chi connectivity index (χ4v) is 0.985. The minimum atomic E-state index is -0.407. The predicted octanol–water partition coefficient (Wildman–Crippen LogP) is 0.827. The average molecular weight is 171 g/mol. The van der Waals surface area contributed by atoms with Gasteiger partial charge < -0.3 is 10.8 Å². The van der Waals surface area contributed by atoms with Gasteiger partial charge in [0.1, 0.15) is 0 Å². The molecule has 0 bridgehead atoms. The van der Waals surface area contributed by atoms with Crippen LogP contribution in [0.3, 0.4) is 0 Å². The molecule has 0 heterocycles. The van der Waals surface area contributed by atoms with Crippen molar-refractivity contribution in [1.82, 2.24) is 0 Å². The summed E-state index contributed by atoms with van der Waals surface area (Å²) >= 11 is 0. The van der Waals surface area contributed by atoms with Crippen LogP contribution in [0.1, 0.15) is 27.2 Å². The van der Waals surface area contributed by atoms with Crippen LogP contribution in [0.2, 0.25) is 0 Å². The van der Waals surface area contributed by atoms with Crippen LogP contribution in [0.15, 0.2) is 11.6 Å². The molecular weight excluding hydrogens is 154 g/mol. The van der Waals surface area contributed by atoms with E-state index < -0.39 is 5.91 Å². The van der Waals surface area contributed by atoms with Crippen molar-refractivity contribution in [3.8, 4) is 0 Å². The van der Waals surface area contributed by atoms with Crippen molar-refractivity contribution < 1.29 is 9.90 Å². The molecule has 0 saturated heterocycles. The predicted molar refractivity (Wildman–Crippen MR) is 48.4 cm³/mol. The van der Waals surface area contributed by atoms with Gasteiger partial charge >= 0.3 is 0 Å². The Balaban J connectivity index is 4.56. The third-order valence-electron chi connectivity index (χ3n) is 1.55. The second-order valence-corrected chi connectivity index (χ2v) is 3.74. The largest absolute Gasteiger partial charge is 0.396 e. The Morgan fingerprint density at radius 1 is 1.50 bits per heavy atom. The second-order valence-electron chi connectivity index (χ2n) is 3.74. The maximum atomic E-state index is 10.9. The third-order valence-corrected chi connectivity index (χ3v) is 1.55. The quantitative estimate of drug-likeness (QED) is 0.618. The van der Waals surface area contributed by atoms with E-state index in [1.807, 2.05) is 20.8 Å². The van der Waals surface area contributed by atoms with Crippen LogP contribution in [-0.2, 0) is 4.79 Å². The van der Waals surface area contributed by atoms with Crippen LogP contribution < -0.4 is 5.73 Å². The molecule has 1 amide bonds. The molecule has 3 heteroatoms. The van der Waals surface area contributed by atoms with Gasteiger partial charge in [-0.3, -0.25) is 4.79 Å². The van der Waals surface area contributed by atoms with Crippen molar-refractivity contribution in [2.45, 2.75) is 27.2 Å². The van der Waals surface area contributed by atoms with Gasteiger partial charge in [0.25, 0.3) is 0 Å². The molecule has 70 valence electrons. The van der Waals surface area contributed by atoms with Crippen molar-refractivity contribution >= 4 is 5.91 Å². The van der Waals surface area contributed by atoms with E-state index in [0.29, 0.717) is 12.0 Å². The van der Waals surface area contributed by atoms with E-state index in [1.165, 1.54) is 0 Å². The lowest BCUT2D eigenvalue weighted by Crippen LogP contribution is -2.24. The lowest BCUT2D eigenvalue weighted by atomic mass is 9.85. The summed E-state index contributed by atoms with van der Waals surface area (Å²) in [6.45, 7) is 5.80. The molecule has 0 aromatic rings. The van der Waals surface area contributed by atoms with E-state index in [-0.39, 0.29) is 12.0 Å². The first-order chi connectivity index (χ1) is 5.39. The first-order valence-corrected chi connectivity index (χ1v) is 4.01. The minimum Gasteiger partial charge on any atom is -0.396 e. The summed E-state index contributed by atoms with van der Waals surface area (Å²) in [6.07, 6.45) is 2.18. The highest BCUT2D eigenvalue weighted by Gasteiger charge is 2.20. The third kappa shape index (κ3) is 3.53. The number of amides is 1. The molecule has 0 spiro atoms. The molecule has 0 aliphatic heterocycles. The smallest absolute Gasteiger partial charge is 0.244 e. The summed E-state index contributed by atoms with van der Waals surface area (Å²) in [4.78, 5) is 10.9. The van der Waals surface area contributed by atoms with Gasteiger partial charge in [0.2, 0.25) is 5.91 Å². The SMILES string of the molecule is CC(C)(C)/C(=C/CCO)C(N)=O. The molecular formula is C9H17NO2. The number of carbonyl (C=O) groups excluding carboxylic acids is 1. The number of aliphatic hydroxyl groups excluding tert-OH is 1. The zero-order valence-corrected chi connectivity index (χ0v) is 7.92. The van der Waals surface area contributed by atoms with Crippen molar-refractivity contribution in [3.05, 3.63) is 11.6 Å². The molecule has 0 fully saturated rings. The van der Waals surface area contributed by atoms with Gasteiger partial charge in [-0.1, -0.05) is 26.8 Å². The molecule has 0 aromatic carbocycles. The van der Waals surface area contributed by atoms with Crippen LogP contribution in [-0.4, -0.2) is 17.6 Å². The van der Waals surface area contributed by atoms with Gasteiger partial charge in [-0.05, 0) is 11.8 Å². The molecule has 0 radical (unpaired) electrons. The van der Waals surface area contributed by atoms with Crippen LogP contribution in [0.4, 0.5) is 0 Å². The summed E-state index contributed by atoms with van der Waals surface area (Å²) in [5.41, 5.74) is 5.52. The van der Waals surface area contributed by atoms with E-state index >= 15 is 0 Å². The highest BCUT2D eigenvalue weighted by molar-refractivity contribution is 5.93. The summed E-state index contributed by atoms with van der Waals surface area (Å²) in [5, 5.41) is 8.57. The Bertz CT molecular complexity index is 189. The van der Waals surface area contributed by atoms with Gasteiger partial charge in [-0.2, -0.15) is 0 Å². The summed E-state index contributed by atoms with van der Waals surface area (Å²) < 4.78 is 0. The zero-order chi connectivity index (χ0) is 9.78. The Hall–Kier alpha value is -0.830. The fourth-order valence-electron chi connectivity index (χ4n) is 0.985. The fraction of sp³-hybridized carbons (Fsp3) is 0.667. The van der Waals surface area contributed by atoms with Crippen LogP contribution in [0.5, 0.6) is 0 Å².